The van der Waals surface area contributed by atoms with Crippen molar-refractivity contribution in [3.05, 3.63) is 30.4 Å². The van der Waals surface area contributed by atoms with Crippen molar-refractivity contribution in [2.24, 2.45) is 10.9 Å². The van der Waals surface area contributed by atoms with E-state index in [0.717, 1.165) is 42.2 Å². The van der Waals surface area contributed by atoms with Gasteiger partial charge >= 0.3 is 6.09 Å². The predicted octanol–water partition coefficient (Wildman–Crippen LogP) is 3.08. The minimum absolute atomic E-state index is 0.0526. The van der Waals surface area contributed by atoms with E-state index in [4.69, 9.17) is 9.47 Å². The SMILES string of the molecule is CCCOC(=O)N[C@H](C(=O)NCCCCN=CNc1cc(OC)ccc1-n1cnnc1C)C(C)C. The van der Waals surface area contributed by atoms with E-state index >= 15 is 0 Å². The molecule has 0 saturated carbocycles. The lowest BCUT2D eigenvalue weighted by Crippen LogP contribution is -2.50. The molecule has 0 bridgehead atoms. The van der Waals surface area contributed by atoms with Crippen LogP contribution in [0.25, 0.3) is 5.69 Å². The molecule has 35 heavy (non-hydrogen) atoms. The van der Waals surface area contributed by atoms with Crippen LogP contribution in [-0.4, -0.2) is 66.0 Å². The highest BCUT2D eigenvalue weighted by Gasteiger charge is 2.24. The lowest BCUT2D eigenvalue weighted by molar-refractivity contribution is -0.124. The second-order valence-corrected chi connectivity index (χ2v) is 8.31. The molecule has 1 atom stereocenters. The Morgan fingerprint density at radius 3 is 2.71 bits per heavy atom. The second kappa shape index (κ2) is 14.6. The van der Waals surface area contributed by atoms with Gasteiger partial charge in [0.1, 0.15) is 23.9 Å². The number of anilines is 1. The van der Waals surface area contributed by atoms with Gasteiger partial charge in [0.05, 0.1) is 31.4 Å². The zero-order chi connectivity index (χ0) is 25.6. The van der Waals surface area contributed by atoms with Crippen LogP contribution >= 0.6 is 0 Å². The van der Waals surface area contributed by atoms with Crippen molar-refractivity contribution < 1.29 is 19.1 Å². The second-order valence-electron chi connectivity index (χ2n) is 8.31. The number of unbranched alkanes of at least 4 members (excludes halogenated alkanes) is 1. The fourth-order valence-corrected chi connectivity index (χ4v) is 3.22. The van der Waals surface area contributed by atoms with Gasteiger partial charge in [-0.1, -0.05) is 20.8 Å². The molecule has 3 N–H and O–H groups in total. The maximum absolute atomic E-state index is 12.4. The summed E-state index contributed by atoms with van der Waals surface area (Å²) in [4.78, 5) is 28.7. The standard InChI is InChI=1S/C24H37N7O4/c1-6-13-35-24(33)29-22(17(2)3)23(32)26-12-8-7-11-25-15-27-20-14-19(34-5)9-10-21(20)31-16-28-30-18(31)4/h9-10,14-17,22H,6-8,11-13H2,1-5H3,(H,25,27)(H,26,32)(H,29,33)/t22-/m0/s1. The Balaban J connectivity index is 1.77. The Morgan fingerprint density at radius 2 is 2.06 bits per heavy atom. The molecule has 1 aromatic carbocycles. The van der Waals surface area contributed by atoms with Gasteiger partial charge in [0.15, 0.2) is 0 Å². The van der Waals surface area contributed by atoms with Gasteiger partial charge in [0.25, 0.3) is 0 Å². The number of hydrogen-bond donors (Lipinski definition) is 3. The molecule has 192 valence electrons. The summed E-state index contributed by atoms with van der Waals surface area (Å²) in [5, 5.41) is 16.7. The van der Waals surface area contributed by atoms with Crippen molar-refractivity contribution in [1.82, 2.24) is 25.4 Å². The van der Waals surface area contributed by atoms with E-state index in [0.29, 0.717) is 19.7 Å². The van der Waals surface area contributed by atoms with Crippen LogP contribution < -0.4 is 20.7 Å². The van der Waals surface area contributed by atoms with Crippen molar-refractivity contribution in [2.75, 3.05) is 32.1 Å². The van der Waals surface area contributed by atoms with Crippen molar-refractivity contribution in [3.63, 3.8) is 0 Å². The van der Waals surface area contributed by atoms with Crippen LogP contribution in [-0.2, 0) is 9.53 Å². The average Bonchev–Trinajstić information content (AvgIpc) is 3.27. The highest BCUT2D eigenvalue weighted by molar-refractivity contribution is 5.85. The minimum Gasteiger partial charge on any atom is -0.497 e. The zero-order valence-corrected chi connectivity index (χ0v) is 21.2. The van der Waals surface area contributed by atoms with Gasteiger partial charge in [0.2, 0.25) is 5.91 Å². The molecule has 0 saturated heterocycles. The third-order valence-electron chi connectivity index (χ3n) is 5.17. The first kappa shape index (κ1) is 27.6. The quantitative estimate of drug-likeness (QED) is 0.212. The van der Waals surface area contributed by atoms with Crippen LogP contribution in [0.4, 0.5) is 10.5 Å². The van der Waals surface area contributed by atoms with E-state index < -0.39 is 12.1 Å². The van der Waals surface area contributed by atoms with Gasteiger partial charge in [0, 0.05) is 19.2 Å². The van der Waals surface area contributed by atoms with Crippen LogP contribution in [0, 0.1) is 12.8 Å². The zero-order valence-electron chi connectivity index (χ0n) is 21.2. The minimum atomic E-state index is -0.632. The fraction of sp³-hybridized carbons (Fsp3) is 0.542. The summed E-state index contributed by atoms with van der Waals surface area (Å²) < 4.78 is 12.2. The Hall–Kier alpha value is -3.63. The van der Waals surface area contributed by atoms with E-state index in [1.807, 2.05) is 50.5 Å². The van der Waals surface area contributed by atoms with Crippen LogP contribution in [0.1, 0.15) is 45.9 Å². The monoisotopic (exact) mass is 487 g/mol. The average molecular weight is 488 g/mol. The molecule has 0 unspecified atom stereocenters. The summed E-state index contributed by atoms with van der Waals surface area (Å²) in [6.07, 6.45) is 5.02. The summed E-state index contributed by atoms with van der Waals surface area (Å²) in [5.41, 5.74) is 1.70. The number of alkyl carbamates (subject to hydrolysis) is 1. The number of carbonyl (C=O) groups is 2. The lowest BCUT2D eigenvalue weighted by Gasteiger charge is -2.21. The summed E-state index contributed by atoms with van der Waals surface area (Å²) in [6, 6.07) is 5.05. The Morgan fingerprint density at radius 1 is 1.26 bits per heavy atom. The van der Waals surface area contributed by atoms with Gasteiger partial charge in [-0.3, -0.25) is 14.4 Å². The third kappa shape index (κ3) is 8.91. The number of nitrogens with one attached hydrogen (secondary N) is 3. The van der Waals surface area contributed by atoms with Gasteiger partial charge in [-0.05, 0) is 44.2 Å². The van der Waals surface area contributed by atoms with E-state index in [1.54, 1.807) is 19.8 Å². The van der Waals surface area contributed by atoms with Gasteiger partial charge in [-0.25, -0.2) is 4.79 Å². The molecule has 11 heteroatoms. The molecule has 2 aromatic rings. The number of methoxy groups -OCH3 is 1. The number of aliphatic imine (C=N–C) groups is 1. The number of rotatable bonds is 14. The Labute approximate surface area is 206 Å². The molecule has 0 aliphatic carbocycles. The summed E-state index contributed by atoms with van der Waals surface area (Å²) in [7, 11) is 1.62. The topological polar surface area (TPSA) is 132 Å². The molecule has 1 heterocycles. The maximum Gasteiger partial charge on any atom is 0.407 e. The van der Waals surface area contributed by atoms with Crippen molar-refractivity contribution in [1.29, 1.82) is 0 Å². The summed E-state index contributed by atoms with van der Waals surface area (Å²) >= 11 is 0. The lowest BCUT2D eigenvalue weighted by atomic mass is 10.0. The molecule has 0 fully saturated rings. The van der Waals surface area contributed by atoms with Crippen molar-refractivity contribution in [3.8, 4) is 11.4 Å². The molecule has 11 nitrogen and oxygen atoms in total. The fourth-order valence-electron chi connectivity index (χ4n) is 3.22. The number of carbonyl (C=O) groups excluding carboxylic acids is 2. The summed E-state index contributed by atoms with van der Waals surface area (Å²) in [5.74, 6) is 1.22. The summed E-state index contributed by atoms with van der Waals surface area (Å²) in [6.45, 7) is 8.98. The van der Waals surface area contributed by atoms with Crippen LogP contribution in [0.5, 0.6) is 5.75 Å². The number of aryl methyl sites for hydroxylation is 1. The molecular weight excluding hydrogens is 450 g/mol. The van der Waals surface area contributed by atoms with Gasteiger partial charge in [-0.15, -0.1) is 10.2 Å². The maximum atomic E-state index is 12.4. The van der Waals surface area contributed by atoms with Gasteiger partial charge < -0.3 is 25.4 Å². The van der Waals surface area contributed by atoms with Crippen molar-refractivity contribution >= 4 is 24.0 Å². The van der Waals surface area contributed by atoms with Crippen LogP contribution in [0.3, 0.4) is 0 Å². The van der Waals surface area contributed by atoms with Crippen LogP contribution in [0.15, 0.2) is 29.5 Å². The molecule has 0 spiro atoms. The van der Waals surface area contributed by atoms with Gasteiger partial charge in [-0.2, -0.15) is 0 Å². The molecule has 0 aliphatic heterocycles. The number of aromatic nitrogens is 3. The number of ether oxygens (including phenoxy) is 2. The molecule has 0 aliphatic rings. The number of nitrogens with zero attached hydrogens (tertiary/aromatic N) is 4. The number of amides is 2. The predicted molar refractivity (Wildman–Crippen MR) is 135 cm³/mol. The van der Waals surface area contributed by atoms with Crippen molar-refractivity contribution in [2.45, 2.75) is 53.0 Å². The Bertz CT molecular complexity index is 975. The Kier molecular flexibility index (Phi) is 11.5. The van der Waals surface area contributed by atoms with E-state index in [2.05, 4.69) is 31.1 Å². The first-order chi connectivity index (χ1) is 16.9. The first-order valence-electron chi connectivity index (χ1n) is 11.9. The highest BCUT2D eigenvalue weighted by Crippen LogP contribution is 2.26. The largest absolute Gasteiger partial charge is 0.497 e. The molecule has 1 aromatic heterocycles. The molecule has 0 radical (unpaired) electrons. The molecule has 2 rings (SSSR count). The third-order valence-corrected chi connectivity index (χ3v) is 5.17. The number of hydrogen-bond acceptors (Lipinski definition) is 7. The normalized spacial score (nSPS) is 11.9. The molecule has 2 amide bonds. The van der Waals surface area contributed by atoms with Crippen LogP contribution in [0.2, 0.25) is 0 Å². The van der Waals surface area contributed by atoms with E-state index in [9.17, 15) is 9.59 Å². The number of benzene rings is 1. The highest BCUT2D eigenvalue weighted by atomic mass is 16.5. The smallest absolute Gasteiger partial charge is 0.407 e. The first-order valence-corrected chi connectivity index (χ1v) is 11.9. The molecular formula is C24H37N7O4. The van der Waals surface area contributed by atoms with E-state index in [1.165, 1.54) is 0 Å². The van der Waals surface area contributed by atoms with E-state index in [-0.39, 0.29) is 11.8 Å².